The summed E-state index contributed by atoms with van der Waals surface area (Å²) in [7, 11) is 0. The molecule has 0 aliphatic heterocycles. The quantitative estimate of drug-likeness (QED) is 0.758. The van der Waals surface area contributed by atoms with E-state index >= 15 is 0 Å². The molecule has 74 valence electrons. The molecule has 1 aliphatic rings. The number of hydrogen-bond donors (Lipinski definition) is 1. The average Bonchev–Trinajstić information content (AvgIpc) is 2.05. The van der Waals surface area contributed by atoms with Crippen LogP contribution < -0.4 is 5.73 Å². The maximum absolute atomic E-state index is 11.4. The topological polar surface area (TPSA) is 43.1 Å². The molecule has 1 aromatic carbocycles. The van der Waals surface area contributed by atoms with Gasteiger partial charge in [-0.25, -0.2) is 0 Å². The maximum Gasteiger partial charge on any atom is 0.228 e. The van der Waals surface area contributed by atoms with Crippen molar-refractivity contribution in [2.45, 2.75) is 31.6 Å². The zero-order valence-electron chi connectivity index (χ0n) is 8.42. The van der Waals surface area contributed by atoms with Crippen molar-refractivity contribution in [1.29, 1.82) is 0 Å². The fourth-order valence-corrected chi connectivity index (χ4v) is 2.08. The van der Waals surface area contributed by atoms with Gasteiger partial charge in [-0.05, 0) is 25.3 Å². The number of primary amides is 1. The van der Waals surface area contributed by atoms with Crippen LogP contribution in [0.1, 0.15) is 30.4 Å². The Morgan fingerprint density at radius 2 is 1.86 bits per heavy atom. The van der Waals surface area contributed by atoms with Gasteiger partial charge >= 0.3 is 0 Å². The second-order valence-corrected chi connectivity index (χ2v) is 4.17. The minimum absolute atomic E-state index is 0.174. The molecule has 1 fully saturated rings. The zero-order chi connectivity index (χ0) is 10.2. The van der Waals surface area contributed by atoms with Gasteiger partial charge in [0.1, 0.15) is 0 Å². The van der Waals surface area contributed by atoms with Crippen molar-refractivity contribution >= 4 is 5.91 Å². The lowest BCUT2D eigenvalue weighted by Gasteiger charge is -2.39. The molecule has 0 saturated heterocycles. The van der Waals surface area contributed by atoms with Crippen LogP contribution in [0.5, 0.6) is 0 Å². The Labute approximate surface area is 84.1 Å². The Balaban J connectivity index is 2.37. The van der Waals surface area contributed by atoms with Crippen LogP contribution in [0.15, 0.2) is 24.3 Å². The molecule has 2 nitrogen and oxygen atoms in total. The molecule has 14 heavy (non-hydrogen) atoms. The van der Waals surface area contributed by atoms with E-state index in [0.29, 0.717) is 0 Å². The Morgan fingerprint density at radius 1 is 1.29 bits per heavy atom. The minimum atomic E-state index is -0.353. The molecule has 1 aromatic rings. The van der Waals surface area contributed by atoms with Crippen LogP contribution in [0.2, 0.25) is 0 Å². The number of nitrogens with two attached hydrogens (primary N) is 1. The summed E-state index contributed by atoms with van der Waals surface area (Å²) in [5, 5.41) is 0. The molecule has 0 bridgehead atoms. The lowest BCUT2D eigenvalue weighted by atomic mass is 9.64. The molecule has 2 N–H and O–H groups in total. The van der Waals surface area contributed by atoms with Crippen molar-refractivity contribution in [3.63, 3.8) is 0 Å². The summed E-state index contributed by atoms with van der Waals surface area (Å²) in [6.07, 6.45) is 2.92. The van der Waals surface area contributed by atoms with Crippen LogP contribution in [0, 0.1) is 6.92 Å². The largest absolute Gasteiger partial charge is 0.369 e. The highest BCUT2D eigenvalue weighted by atomic mass is 16.1. The Bertz CT molecular complexity index is 349. The van der Waals surface area contributed by atoms with Gasteiger partial charge in [0.2, 0.25) is 5.91 Å². The normalized spacial score (nSPS) is 18.6. The number of carbonyl (C=O) groups excluding carboxylic acids is 1. The minimum Gasteiger partial charge on any atom is -0.369 e. The molecule has 0 aromatic heterocycles. The van der Waals surface area contributed by atoms with Crippen molar-refractivity contribution in [2.75, 3.05) is 0 Å². The Morgan fingerprint density at radius 3 is 2.21 bits per heavy atom. The van der Waals surface area contributed by atoms with Gasteiger partial charge in [0.05, 0.1) is 5.41 Å². The monoisotopic (exact) mass is 189 g/mol. The van der Waals surface area contributed by atoms with Gasteiger partial charge in [0.15, 0.2) is 0 Å². The van der Waals surface area contributed by atoms with Gasteiger partial charge in [-0.2, -0.15) is 0 Å². The molecule has 1 amide bonds. The smallest absolute Gasteiger partial charge is 0.228 e. The van der Waals surface area contributed by atoms with E-state index in [-0.39, 0.29) is 11.3 Å². The second-order valence-electron chi connectivity index (χ2n) is 4.17. The molecular formula is C12H15NO. The molecule has 0 unspecified atom stereocenters. The molecular weight excluding hydrogens is 174 g/mol. The predicted octanol–water partition coefficient (Wildman–Crippen LogP) is 1.90. The number of aryl methyl sites for hydroxylation is 1. The van der Waals surface area contributed by atoms with Gasteiger partial charge < -0.3 is 5.73 Å². The van der Waals surface area contributed by atoms with Gasteiger partial charge in [0.25, 0.3) is 0 Å². The SMILES string of the molecule is Cc1ccc(C2(C(N)=O)CCC2)cc1. The van der Waals surface area contributed by atoms with Gasteiger partial charge in [-0.1, -0.05) is 36.2 Å². The maximum atomic E-state index is 11.4. The van der Waals surface area contributed by atoms with Crippen LogP contribution >= 0.6 is 0 Å². The van der Waals surface area contributed by atoms with Crippen molar-refractivity contribution in [3.8, 4) is 0 Å². The molecule has 0 atom stereocenters. The third-order valence-electron chi connectivity index (χ3n) is 3.28. The second kappa shape index (κ2) is 3.12. The molecule has 2 rings (SSSR count). The van der Waals surface area contributed by atoms with Crippen molar-refractivity contribution in [1.82, 2.24) is 0 Å². The number of benzene rings is 1. The summed E-state index contributed by atoms with van der Waals surface area (Å²) >= 11 is 0. The standard InChI is InChI=1S/C12H15NO/c1-9-3-5-10(6-4-9)12(11(13)14)7-2-8-12/h3-6H,2,7-8H2,1H3,(H2,13,14). The van der Waals surface area contributed by atoms with E-state index in [1.54, 1.807) is 0 Å². The Hall–Kier alpha value is -1.31. The average molecular weight is 189 g/mol. The number of carbonyl (C=O) groups is 1. The van der Waals surface area contributed by atoms with E-state index in [2.05, 4.69) is 0 Å². The highest BCUT2D eigenvalue weighted by molar-refractivity contribution is 5.87. The molecule has 0 spiro atoms. The van der Waals surface area contributed by atoms with Crippen LogP contribution in [0.4, 0.5) is 0 Å². The van der Waals surface area contributed by atoms with Gasteiger partial charge in [-0.15, -0.1) is 0 Å². The third kappa shape index (κ3) is 1.22. The first-order valence-corrected chi connectivity index (χ1v) is 5.02. The molecule has 0 heterocycles. The molecule has 1 aliphatic carbocycles. The van der Waals surface area contributed by atoms with E-state index in [9.17, 15) is 4.79 Å². The zero-order valence-corrected chi connectivity index (χ0v) is 8.42. The van der Waals surface area contributed by atoms with Crippen LogP contribution in [0.25, 0.3) is 0 Å². The fourth-order valence-electron chi connectivity index (χ4n) is 2.08. The van der Waals surface area contributed by atoms with E-state index in [1.807, 2.05) is 31.2 Å². The Kier molecular flexibility index (Phi) is 2.06. The van der Waals surface area contributed by atoms with Crippen LogP contribution in [-0.4, -0.2) is 5.91 Å². The first-order valence-electron chi connectivity index (χ1n) is 5.02. The lowest BCUT2D eigenvalue weighted by Crippen LogP contribution is -2.46. The summed E-state index contributed by atoms with van der Waals surface area (Å²) in [6.45, 7) is 2.04. The number of amides is 1. The van der Waals surface area contributed by atoms with E-state index < -0.39 is 0 Å². The van der Waals surface area contributed by atoms with Crippen molar-refractivity contribution < 1.29 is 4.79 Å². The van der Waals surface area contributed by atoms with Crippen LogP contribution in [-0.2, 0) is 10.2 Å². The number of rotatable bonds is 2. The summed E-state index contributed by atoms with van der Waals surface area (Å²) in [4.78, 5) is 11.4. The highest BCUT2D eigenvalue weighted by Gasteiger charge is 2.43. The first kappa shape index (κ1) is 9.25. The van der Waals surface area contributed by atoms with Crippen molar-refractivity contribution in [3.05, 3.63) is 35.4 Å². The summed E-state index contributed by atoms with van der Waals surface area (Å²) in [6, 6.07) is 8.13. The number of hydrogen-bond acceptors (Lipinski definition) is 1. The van der Waals surface area contributed by atoms with E-state index in [4.69, 9.17) is 5.73 Å². The first-order chi connectivity index (χ1) is 6.65. The van der Waals surface area contributed by atoms with Crippen LogP contribution in [0.3, 0.4) is 0 Å². The van der Waals surface area contributed by atoms with Crippen molar-refractivity contribution in [2.24, 2.45) is 5.73 Å². The molecule has 2 heteroatoms. The van der Waals surface area contributed by atoms with E-state index in [1.165, 1.54) is 5.56 Å². The summed E-state index contributed by atoms with van der Waals surface area (Å²) in [5.41, 5.74) is 7.41. The summed E-state index contributed by atoms with van der Waals surface area (Å²) in [5.74, 6) is -0.174. The van der Waals surface area contributed by atoms with Gasteiger partial charge in [0, 0.05) is 0 Å². The molecule has 0 radical (unpaired) electrons. The molecule has 1 saturated carbocycles. The van der Waals surface area contributed by atoms with Gasteiger partial charge in [-0.3, -0.25) is 4.79 Å². The highest BCUT2D eigenvalue weighted by Crippen LogP contribution is 2.43. The summed E-state index contributed by atoms with van der Waals surface area (Å²) < 4.78 is 0. The van der Waals surface area contributed by atoms with E-state index in [0.717, 1.165) is 24.8 Å². The lowest BCUT2D eigenvalue weighted by molar-refractivity contribution is -0.126. The predicted molar refractivity (Wildman–Crippen MR) is 55.9 cm³/mol. The fraction of sp³-hybridized carbons (Fsp3) is 0.417. The third-order valence-corrected chi connectivity index (χ3v) is 3.28.